The van der Waals surface area contributed by atoms with Crippen LogP contribution in [-0.2, 0) is 14.3 Å². The molecule has 0 aliphatic heterocycles. The highest BCUT2D eigenvalue weighted by Crippen LogP contribution is 2.44. The van der Waals surface area contributed by atoms with Crippen molar-refractivity contribution >= 4 is 18.0 Å². The van der Waals surface area contributed by atoms with Crippen molar-refractivity contribution in [3.05, 3.63) is 71.8 Å². The number of carboxylic acids is 1. The van der Waals surface area contributed by atoms with Crippen LogP contribution in [-0.4, -0.2) is 53.7 Å². The molecule has 2 aromatic rings. The van der Waals surface area contributed by atoms with Gasteiger partial charge in [-0.3, -0.25) is 9.59 Å². The van der Waals surface area contributed by atoms with Crippen molar-refractivity contribution in [2.45, 2.75) is 31.2 Å². The van der Waals surface area contributed by atoms with Gasteiger partial charge in [-0.05, 0) is 35.1 Å². The van der Waals surface area contributed by atoms with E-state index < -0.39 is 12.1 Å². The molecule has 2 aliphatic rings. The molecular formula is C25H26N2O5. The van der Waals surface area contributed by atoms with Crippen LogP contribution in [0.2, 0.25) is 0 Å². The predicted molar refractivity (Wildman–Crippen MR) is 119 cm³/mol. The molecule has 2 N–H and O–H groups in total. The molecule has 1 saturated carbocycles. The van der Waals surface area contributed by atoms with Crippen molar-refractivity contribution in [2.24, 2.45) is 0 Å². The number of hydrogen-bond donors (Lipinski definition) is 2. The minimum atomic E-state index is -0.927. The fourth-order valence-electron chi connectivity index (χ4n) is 4.12. The van der Waals surface area contributed by atoms with Crippen molar-refractivity contribution < 1.29 is 24.2 Å². The third-order valence-electron chi connectivity index (χ3n) is 5.81. The fraction of sp³-hybridized carbons (Fsp3) is 0.320. The molecule has 4 rings (SSSR count). The first-order valence-corrected chi connectivity index (χ1v) is 10.8. The Hall–Kier alpha value is -3.61. The fourth-order valence-corrected chi connectivity index (χ4v) is 4.12. The average Bonchev–Trinajstić information content (AvgIpc) is 3.57. The highest BCUT2D eigenvalue weighted by atomic mass is 16.5. The number of benzene rings is 2. The Morgan fingerprint density at radius 3 is 2.25 bits per heavy atom. The summed E-state index contributed by atoms with van der Waals surface area (Å²) < 4.78 is 5.46. The SMILES string of the molecule is O=C(O)CCN(C(=O)/C=C/CNC(=O)OCC1c2ccccc2-c2ccccc21)C1CC1. The Kier molecular flexibility index (Phi) is 6.54. The summed E-state index contributed by atoms with van der Waals surface area (Å²) in [6, 6.07) is 16.4. The molecule has 0 unspecified atom stereocenters. The topological polar surface area (TPSA) is 95.9 Å². The lowest BCUT2D eigenvalue weighted by Crippen LogP contribution is -2.34. The van der Waals surface area contributed by atoms with Crippen LogP contribution in [0.4, 0.5) is 4.79 Å². The number of rotatable bonds is 9. The van der Waals surface area contributed by atoms with Crippen molar-refractivity contribution in [1.82, 2.24) is 10.2 Å². The summed E-state index contributed by atoms with van der Waals surface area (Å²) in [4.78, 5) is 36.8. The second kappa shape index (κ2) is 9.68. The van der Waals surface area contributed by atoms with E-state index in [9.17, 15) is 14.4 Å². The highest BCUT2D eigenvalue weighted by molar-refractivity contribution is 5.88. The maximum Gasteiger partial charge on any atom is 0.407 e. The van der Waals surface area contributed by atoms with Crippen molar-refractivity contribution in [1.29, 1.82) is 0 Å². The Bertz CT molecular complexity index is 999. The van der Waals surface area contributed by atoms with Crippen LogP contribution < -0.4 is 5.32 Å². The molecule has 7 heteroatoms. The molecule has 0 aromatic heterocycles. The van der Waals surface area contributed by atoms with Gasteiger partial charge < -0.3 is 20.1 Å². The quantitative estimate of drug-likeness (QED) is 0.589. The number of aliphatic carboxylic acids is 1. The number of nitrogens with one attached hydrogen (secondary N) is 1. The van der Waals surface area contributed by atoms with Gasteiger partial charge in [0.15, 0.2) is 0 Å². The summed E-state index contributed by atoms with van der Waals surface area (Å²) in [5.41, 5.74) is 4.63. The van der Waals surface area contributed by atoms with Crippen LogP contribution >= 0.6 is 0 Å². The molecule has 0 radical (unpaired) electrons. The monoisotopic (exact) mass is 434 g/mol. The smallest absolute Gasteiger partial charge is 0.407 e. The van der Waals surface area contributed by atoms with Gasteiger partial charge in [0.05, 0.1) is 6.42 Å². The van der Waals surface area contributed by atoms with E-state index in [1.54, 1.807) is 11.0 Å². The summed E-state index contributed by atoms with van der Waals surface area (Å²) in [5, 5.41) is 11.5. The Labute approximate surface area is 186 Å². The molecule has 0 saturated heterocycles. The van der Waals surface area contributed by atoms with Crippen LogP contribution in [0.15, 0.2) is 60.7 Å². The molecule has 2 aliphatic carbocycles. The number of fused-ring (bicyclic) bond motifs is 3. The Morgan fingerprint density at radius 2 is 1.66 bits per heavy atom. The molecule has 2 amide bonds. The van der Waals surface area contributed by atoms with Gasteiger partial charge in [0.25, 0.3) is 0 Å². The lowest BCUT2D eigenvalue weighted by Gasteiger charge is -2.19. The summed E-state index contributed by atoms with van der Waals surface area (Å²) in [7, 11) is 0. The molecule has 32 heavy (non-hydrogen) atoms. The van der Waals surface area contributed by atoms with Gasteiger partial charge in [0, 0.05) is 31.1 Å². The lowest BCUT2D eigenvalue weighted by atomic mass is 9.98. The van der Waals surface area contributed by atoms with E-state index in [2.05, 4.69) is 29.6 Å². The molecule has 166 valence electrons. The minimum Gasteiger partial charge on any atom is -0.481 e. The molecule has 0 heterocycles. The largest absolute Gasteiger partial charge is 0.481 e. The average molecular weight is 434 g/mol. The number of carboxylic acid groups (broad SMARTS) is 1. The van der Waals surface area contributed by atoms with Crippen molar-refractivity contribution in [3.8, 4) is 11.1 Å². The summed E-state index contributed by atoms with van der Waals surface area (Å²) in [6.45, 7) is 0.579. The normalized spacial score (nSPS) is 14.6. The van der Waals surface area contributed by atoms with Crippen LogP contribution in [0.5, 0.6) is 0 Å². The van der Waals surface area contributed by atoms with Gasteiger partial charge in [-0.1, -0.05) is 54.6 Å². The van der Waals surface area contributed by atoms with Crippen LogP contribution in [0.25, 0.3) is 11.1 Å². The predicted octanol–water partition coefficient (Wildman–Crippen LogP) is 3.55. The van der Waals surface area contributed by atoms with E-state index in [0.29, 0.717) is 0 Å². The first-order chi connectivity index (χ1) is 15.5. The van der Waals surface area contributed by atoms with E-state index >= 15 is 0 Å². The third-order valence-corrected chi connectivity index (χ3v) is 5.81. The van der Waals surface area contributed by atoms with E-state index in [-0.39, 0.29) is 44.0 Å². The maximum atomic E-state index is 12.3. The van der Waals surface area contributed by atoms with Crippen LogP contribution in [0, 0.1) is 0 Å². The van der Waals surface area contributed by atoms with Gasteiger partial charge in [0.1, 0.15) is 6.61 Å². The van der Waals surface area contributed by atoms with Crippen LogP contribution in [0.3, 0.4) is 0 Å². The third kappa shape index (κ3) is 4.99. The number of nitrogens with zero attached hydrogens (tertiary/aromatic N) is 1. The summed E-state index contributed by atoms with van der Waals surface area (Å²) in [5.74, 6) is -1.17. The van der Waals surface area contributed by atoms with Gasteiger partial charge in [-0.15, -0.1) is 0 Å². The van der Waals surface area contributed by atoms with E-state index in [0.717, 1.165) is 24.0 Å². The summed E-state index contributed by atoms with van der Waals surface area (Å²) >= 11 is 0. The van der Waals surface area contributed by atoms with E-state index in [4.69, 9.17) is 9.84 Å². The van der Waals surface area contributed by atoms with Crippen molar-refractivity contribution in [2.75, 3.05) is 19.7 Å². The molecule has 2 aromatic carbocycles. The number of hydrogen-bond acceptors (Lipinski definition) is 4. The Morgan fingerprint density at radius 1 is 1.03 bits per heavy atom. The second-order valence-electron chi connectivity index (χ2n) is 8.02. The minimum absolute atomic E-state index is 0.00777. The van der Waals surface area contributed by atoms with Crippen LogP contribution in [0.1, 0.15) is 36.3 Å². The molecular weight excluding hydrogens is 408 g/mol. The highest BCUT2D eigenvalue weighted by Gasteiger charge is 2.31. The first kappa shape index (κ1) is 21.6. The van der Waals surface area contributed by atoms with Crippen molar-refractivity contribution in [3.63, 3.8) is 0 Å². The van der Waals surface area contributed by atoms with Gasteiger partial charge in [0.2, 0.25) is 5.91 Å². The van der Waals surface area contributed by atoms with Gasteiger partial charge >= 0.3 is 12.1 Å². The van der Waals surface area contributed by atoms with Gasteiger partial charge in [-0.25, -0.2) is 4.79 Å². The standard InChI is InChI=1S/C25H26N2O5/c28-23(27(17-11-12-17)15-13-24(29)30)10-5-14-26-25(31)32-16-22-20-8-3-1-6-18(20)19-7-2-4-9-21(19)22/h1-10,17,22H,11-16H2,(H,26,31)(H,29,30)/b10-5+. The number of carbonyl (C=O) groups excluding carboxylic acids is 2. The second-order valence-corrected chi connectivity index (χ2v) is 8.02. The Balaban J connectivity index is 1.26. The zero-order valence-electron chi connectivity index (χ0n) is 17.7. The lowest BCUT2D eigenvalue weighted by molar-refractivity contribution is -0.138. The first-order valence-electron chi connectivity index (χ1n) is 10.8. The number of amides is 2. The maximum absolute atomic E-state index is 12.3. The van der Waals surface area contributed by atoms with Gasteiger partial charge in [-0.2, -0.15) is 0 Å². The zero-order chi connectivity index (χ0) is 22.5. The molecule has 1 fully saturated rings. The van der Waals surface area contributed by atoms with E-state index in [1.165, 1.54) is 17.2 Å². The number of carbonyl (C=O) groups is 3. The zero-order valence-corrected chi connectivity index (χ0v) is 17.7. The number of alkyl carbamates (subject to hydrolysis) is 1. The molecule has 7 nitrogen and oxygen atoms in total. The molecule has 0 bridgehead atoms. The van der Waals surface area contributed by atoms with E-state index in [1.807, 2.05) is 24.3 Å². The number of ether oxygens (including phenoxy) is 1. The molecule has 0 atom stereocenters. The molecule has 0 spiro atoms. The summed E-state index contributed by atoms with van der Waals surface area (Å²) in [6.07, 6.45) is 4.11.